The highest BCUT2D eigenvalue weighted by Crippen LogP contribution is 2.33. The minimum atomic E-state index is -4.20. The van der Waals surface area contributed by atoms with Gasteiger partial charge >= 0.3 is 0 Å². The van der Waals surface area contributed by atoms with Crippen molar-refractivity contribution in [2.24, 2.45) is 0 Å². The molecule has 0 aliphatic rings. The number of rotatable bonds is 8. The lowest BCUT2D eigenvalue weighted by Crippen LogP contribution is -2.31. The number of hydrogen-bond acceptors (Lipinski definition) is 4. The van der Waals surface area contributed by atoms with Crippen molar-refractivity contribution in [3.63, 3.8) is 0 Å². The summed E-state index contributed by atoms with van der Waals surface area (Å²) in [6.07, 6.45) is 1.40. The lowest BCUT2D eigenvalue weighted by molar-refractivity contribution is 0.102. The number of nitrogens with one attached hydrogen (secondary N) is 1. The van der Waals surface area contributed by atoms with Gasteiger partial charge in [-0.05, 0) is 42.5 Å². The lowest BCUT2D eigenvalue weighted by atomic mass is 10.2. The van der Waals surface area contributed by atoms with Crippen molar-refractivity contribution < 1.29 is 26.7 Å². The number of amides is 1. The molecule has 3 aromatic rings. The van der Waals surface area contributed by atoms with Crippen LogP contribution in [0.4, 0.5) is 20.2 Å². The molecular weight excluding hydrogens is 474 g/mol. The molecule has 10 heteroatoms. The zero-order valence-corrected chi connectivity index (χ0v) is 19.0. The SMILES string of the molecule is C=CCN(c1ccccc1OC)S(=O)(=O)c1ccc(Cl)c(C(=O)Nc2cc(F)ccc2F)c1. The Morgan fingerprint density at radius 1 is 1.15 bits per heavy atom. The van der Waals surface area contributed by atoms with Crippen molar-refractivity contribution in [3.05, 3.63) is 95.5 Å². The summed E-state index contributed by atoms with van der Waals surface area (Å²) in [4.78, 5) is 12.5. The maximum absolute atomic E-state index is 13.9. The van der Waals surface area contributed by atoms with Crippen LogP contribution in [0.2, 0.25) is 5.02 Å². The number of sulfonamides is 1. The van der Waals surface area contributed by atoms with Gasteiger partial charge in [-0.15, -0.1) is 6.58 Å². The van der Waals surface area contributed by atoms with E-state index in [0.29, 0.717) is 5.75 Å². The molecule has 1 amide bonds. The fraction of sp³-hybridized carbons (Fsp3) is 0.0870. The molecule has 3 rings (SSSR count). The molecule has 6 nitrogen and oxygen atoms in total. The molecule has 172 valence electrons. The first kappa shape index (κ1) is 24.2. The minimum absolute atomic E-state index is 0.0733. The first-order valence-electron chi connectivity index (χ1n) is 9.51. The number of hydrogen-bond donors (Lipinski definition) is 1. The maximum Gasteiger partial charge on any atom is 0.264 e. The Hall–Kier alpha value is -3.43. The third-order valence-corrected chi connectivity index (χ3v) is 6.70. The van der Waals surface area contributed by atoms with E-state index in [2.05, 4.69) is 11.9 Å². The molecule has 0 bridgehead atoms. The largest absolute Gasteiger partial charge is 0.495 e. The summed E-state index contributed by atoms with van der Waals surface area (Å²) >= 11 is 6.11. The summed E-state index contributed by atoms with van der Waals surface area (Å²) in [5.74, 6) is -2.21. The van der Waals surface area contributed by atoms with Gasteiger partial charge in [0.05, 0.1) is 40.5 Å². The summed E-state index contributed by atoms with van der Waals surface area (Å²) in [5.41, 5.74) is -0.380. The van der Waals surface area contributed by atoms with Crippen LogP contribution < -0.4 is 14.4 Å². The highest BCUT2D eigenvalue weighted by Gasteiger charge is 2.28. The van der Waals surface area contributed by atoms with E-state index in [4.69, 9.17) is 16.3 Å². The number of carbonyl (C=O) groups is 1. The third kappa shape index (κ3) is 5.15. The molecule has 0 radical (unpaired) electrons. The Morgan fingerprint density at radius 2 is 1.88 bits per heavy atom. The number of para-hydroxylation sites is 2. The average molecular weight is 493 g/mol. The number of carbonyl (C=O) groups excluding carboxylic acids is 1. The number of halogens is 3. The highest BCUT2D eigenvalue weighted by molar-refractivity contribution is 7.92. The van der Waals surface area contributed by atoms with Crippen molar-refractivity contribution in [1.29, 1.82) is 0 Å². The van der Waals surface area contributed by atoms with Crippen molar-refractivity contribution in [3.8, 4) is 5.75 Å². The smallest absolute Gasteiger partial charge is 0.264 e. The maximum atomic E-state index is 13.9. The van der Waals surface area contributed by atoms with Gasteiger partial charge in [-0.3, -0.25) is 9.10 Å². The van der Waals surface area contributed by atoms with Gasteiger partial charge in [-0.1, -0.05) is 29.8 Å². The molecule has 1 N–H and O–H groups in total. The van der Waals surface area contributed by atoms with Crippen molar-refractivity contribution in [2.45, 2.75) is 4.90 Å². The molecule has 0 saturated heterocycles. The second-order valence-corrected chi connectivity index (χ2v) is 8.99. The van der Waals surface area contributed by atoms with Crippen LogP contribution >= 0.6 is 11.6 Å². The van der Waals surface area contributed by atoms with E-state index < -0.39 is 33.3 Å². The number of nitrogens with zero attached hydrogens (tertiary/aromatic N) is 1. The first-order valence-corrected chi connectivity index (χ1v) is 11.3. The van der Waals surface area contributed by atoms with Crippen LogP contribution in [0, 0.1) is 11.6 Å². The van der Waals surface area contributed by atoms with Crippen molar-refractivity contribution in [1.82, 2.24) is 0 Å². The van der Waals surface area contributed by atoms with Crippen molar-refractivity contribution >= 4 is 38.9 Å². The van der Waals surface area contributed by atoms with Gasteiger partial charge in [0.15, 0.2) is 0 Å². The van der Waals surface area contributed by atoms with Crippen LogP contribution in [-0.4, -0.2) is 28.0 Å². The van der Waals surface area contributed by atoms with E-state index in [1.807, 2.05) is 0 Å². The zero-order chi connectivity index (χ0) is 24.2. The quantitative estimate of drug-likeness (QED) is 0.435. The fourth-order valence-corrected chi connectivity index (χ4v) is 4.70. The van der Waals surface area contributed by atoms with E-state index in [9.17, 15) is 22.0 Å². The number of ether oxygens (including phenoxy) is 1. The van der Waals surface area contributed by atoms with E-state index in [1.165, 1.54) is 25.3 Å². The average Bonchev–Trinajstić information content (AvgIpc) is 2.79. The monoisotopic (exact) mass is 492 g/mol. The minimum Gasteiger partial charge on any atom is -0.495 e. The Balaban J connectivity index is 2.03. The number of methoxy groups -OCH3 is 1. The van der Waals surface area contributed by atoms with Crippen LogP contribution in [0.3, 0.4) is 0 Å². The lowest BCUT2D eigenvalue weighted by Gasteiger charge is -2.25. The predicted molar refractivity (Wildman–Crippen MR) is 123 cm³/mol. The molecule has 0 aliphatic carbocycles. The van der Waals surface area contributed by atoms with Gasteiger partial charge < -0.3 is 10.1 Å². The normalized spacial score (nSPS) is 11.0. The van der Waals surface area contributed by atoms with Crippen molar-refractivity contribution in [2.75, 3.05) is 23.3 Å². The predicted octanol–water partition coefficient (Wildman–Crippen LogP) is 5.26. The molecule has 0 aromatic heterocycles. The van der Waals surface area contributed by atoms with Crippen LogP contribution in [-0.2, 0) is 10.0 Å². The van der Waals surface area contributed by atoms with E-state index in [1.54, 1.807) is 24.3 Å². The molecular formula is C23H19ClF2N2O4S. The molecule has 0 spiro atoms. The zero-order valence-electron chi connectivity index (χ0n) is 17.4. The van der Waals surface area contributed by atoms with Gasteiger partial charge in [0.25, 0.3) is 15.9 Å². The molecule has 0 fully saturated rings. The summed E-state index contributed by atoms with van der Waals surface area (Å²) < 4.78 is 60.7. The third-order valence-electron chi connectivity index (χ3n) is 4.60. The Labute approximate surface area is 195 Å². The van der Waals surface area contributed by atoms with E-state index in [-0.39, 0.29) is 27.7 Å². The first-order chi connectivity index (χ1) is 15.7. The molecule has 33 heavy (non-hydrogen) atoms. The van der Waals surface area contributed by atoms with Gasteiger partial charge in [-0.2, -0.15) is 0 Å². The summed E-state index contributed by atoms with van der Waals surface area (Å²) in [7, 11) is -2.79. The molecule has 3 aromatic carbocycles. The summed E-state index contributed by atoms with van der Waals surface area (Å²) in [5, 5.41) is 2.13. The highest BCUT2D eigenvalue weighted by atomic mass is 35.5. The van der Waals surface area contributed by atoms with Gasteiger partial charge in [0, 0.05) is 6.07 Å². The molecule has 0 unspecified atom stereocenters. The van der Waals surface area contributed by atoms with Crippen LogP contribution in [0.1, 0.15) is 10.4 Å². The Bertz CT molecular complexity index is 1320. The second kappa shape index (κ2) is 10.0. The second-order valence-electron chi connectivity index (χ2n) is 6.72. The molecule has 0 aliphatic heterocycles. The number of benzene rings is 3. The fourth-order valence-electron chi connectivity index (χ4n) is 3.03. The molecule has 0 heterocycles. The van der Waals surface area contributed by atoms with Gasteiger partial charge in [-0.25, -0.2) is 17.2 Å². The summed E-state index contributed by atoms with van der Waals surface area (Å²) in [6, 6.07) is 12.6. The molecule has 0 saturated carbocycles. The summed E-state index contributed by atoms with van der Waals surface area (Å²) in [6.45, 7) is 3.53. The van der Waals surface area contributed by atoms with E-state index in [0.717, 1.165) is 28.6 Å². The Morgan fingerprint density at radius 3 is 2.58 bits per heavy atom. The topological polar surface area (TPSA) is 75.7 Å². The molecule has 0 atom stereocenters. The number of anilines is 2. The van der Waals surface area contributed by atoms with Crippen LogP contribution in [0.15, 0.2) is 78.2 Å². The van der Waals surface area contributed by atoms with Crippen LogP contribution in [0.25, 0.3) is 0 Å². The van der Waals surface area contributed by atoms with E-state index >= 15 is 0 Å². The standard InChI is InChI=1S/C23H19ClF2N2O4S/c1-3-12-28(21-6-4-5-7-22(21)32-2)33(30,31)16-9-10-18(24)17(14-16)23(29)27-20-13-15(25)8-11-19(20)26/h3-11,13-14H,1,12H2,2H3,(H,27,29). The van der Waals surface area contributed by atoms with Crippen LogP contribution in [0.5, 0.6) is 5.75 Å². The Kier molecular flexibility index (Phi) is 7.35. The van der Waals surface area contributed by atoms with Gasteiger partial charge in [0.1, 0.15) is 17.4 Å². The van der Waals surface area contributed by atoms with Gasteiger partial charge in [0.2, 0.25) is 0 Å².